The lowest BCUT2D eigenvalue weighted by Crippen LogP contribution is -2.35. The number of hydrogen-bond donors (Lipinski definition) is 4. The predicted octanol–water partition coefficient (Wildman–Crippen LogP) is 1.40. The molecule has 1 aromatic carbocycles. The molecule has 1 aromatic rings. The number of rotatable bonds is 4. The first-order valence-electron chi connectivity index (χ1n) is 5.72. The molecule has 0 heterocycles. The summed E-state index contributed by atoms with van der Waals surface area (Å²) in [6, 6.07) is 5.23. The molecule has 0 aliphatic heterocycles. The molecule has 1 rings (SSSR count). The molecule has 0 aliphatic rings. The fourth-order valence-corrected chi connectivity index (χ4v) is 2.61. The molecule has 0 saturated heterocycles. The van der Waals surface area contributed by atoms with E-state index >= 15 is 0 Å². The molecule has 18 heavy (non-hydrogen) atoms. The van der Waals surface area contributed by atoms with Crippen LogP contribution in [-0.4, -0.2) is 21.4 Å². The van der Waals surface area contributed by atoms with Gasteiger partial charge in [-0.25, -0.2) is 0 Å². The minimum Gasteiger partial charge on any atom is -0.372 e. The van der Waals surface area contributed by atoms with Crippen molar-refractivity contribution >= 4 is 7.60 Å². The van der Waals surface area contributed by atoms with Gasteiger partial charge in [0.25, 0.3) is 0 Å². The first-order valence-corrected chi connectivity index (χ1v) is 7.34. The van der Waals surface area contributed by atoms with Crippen LogP contribution in [0.4, 0.5) is 0 Å². The molecule has 0 spiro atoms. The van der Waals surface area contributed by atoms with E-state index in [2.05, 4.69) is 0 Å². The van der Waals surface area contributed by atoms with Gasteiger partial charge in [-0.1, -0.05) is 32.0 Å². The molecule has 5 N–H and O–H groups in total. The zero-order valence-corrected chi connectivity index (χ0v) is 11.7. The lowest BCUT2D eigenvalue weighted by atomic mass is 9.95. The quantitative estimate of drug-likeness (QED) is 0.621. The third kappa shape index (κ3) is 2.66. The average molecular weight is 273 g/mol. The molecule has 1 atom stereocenters. The second-order valence-corrected chi connectivity index (χ2v) is 6.62. The van der Waals surface area contributed by atoms with Crippen molar-refractivity contribution in [2.45, 2.75) is 32.0 Å². The molecule has 0 aliphatic carbocycles. The number of aliphatic hydroxyl groups is 1. The summed E-state index contributed by atoms with van der Waals surface area (Å²) >= 11 is 0. The van der Waals surface area contributed by atoms with Crippen LogP contribution in [-0.2, 0) is 9.91 Å². The normalized spacial score (nSPS) is 15.8. The van der Waals surface area contributed by atoms with Crippen LogP contribution >= 0.6 is 7.60 Å². The van der Waals surface area contributed by atoms with Gasteiger partial charge >= 0.3 is 7.60 Å². The number of benzene rings is 1. The summed E-state index contributed by atoms with van der Waals surface area (Å²) in [6.45, 7) is 5.09. The second-order valence-electron chi connectivity index (χ2n) is 4.79. The second kappa shape index (κ2) is 5.11. The van der Waals surface area contributed by atoms with E-state index in [-0.39, 0.29) is 11.5 Å². The van der Waals surface area contributed by atoms with E-state index in [1.54, 1.807) is 19.1 Å². The molecule has 0 fully saturated rings. The van der Waals surface area contributed by atoms with Gasteiger partial charge in [0.15, 0.2) is 0 Å². The summed E-state index contributed by atoms with van der Waals surface area (Å²) in [7, 11) is -4.76. The lowest BCUT2D eigenvalue weighted by Gasteiger charge is -2.30. The van der Waals surface area contributed by atoms with Crippen molar-refractivity contribution in [1.29, 1.82) is 0 Å². The van der Waals surface area contributed by atoms with Gasteiger partial charge < -0.3 is 20.6 Å². The number of nitrogens with two attached hydrogens (primary N) is 1. The largest absolute Gasteiger partial charge is 0.372 e. The average Bonchev–Trinajstić information content (AvgIpc) is 2.26. The SMILES string of the molecule is Cc1ccc(C(C)C)cc1C(O)(CN)P(=O)(O)O. The van der Waals surface area contributed by atoms with E-state index < -0.39 is 19.5 Å². The molecule has 0 saturated carbocycles. The summed E-state index contributed by atoms with van der Waals surface area (Å²) in [5.74, 6) is 0.197. The van der Waals surface area contributed by atoms with Gasteiger partial charge in [-0.15, -0.1) is 0 Å². The van der Waals surface area contributed by atoms with Gasteiger partial charge in [0.05, 0.1) is 0 Å². The lowest BCUT2D eigenvalue weighted by molar-refractivity contribution is 0.0970. The fraction of sp³-hybridized carbons (Fsp3) is 0.500. The van der Waals surface area contributed by atoms with E-state index in [1.165, 1.54) is 0 Å². The van der Waals surface area contributed by atoms with Gasteiger partial charge in [-0.2, -0.15) is 0 Å². The maximum Gasteiger partial charge on any atom is 0.362 e. The minimum absolute atomic E-state index is 0.197. The topological polar surface area (TPSA) is 104 Å². The molecule has 102 valence electrons. The van der Waals surface area contributed by atoms with Crippen LogP contribution < -0.4 is 5.73 Å². The molecule has 1 unspecified atom stereocenters. The van der Waals surface area contributed by atoms with Crippen molar-refractivity contribution in [3.05, 3.63) is 34.9 Å². The molecular weight excluding hydrogens is 253 g/mol. The molecule has 0 bridgehead atoms. The van der Waals surface area contributed by atoms with Crippen LogP contribution in [0.5, 0.6) is 0 Å². The molecule has 6 heteroatoms. The van der Waals surface area contributed by atoms with Crippen molar-refractivity contribution < 1.29 is 19.5 Å². The van der Waals surface area contributed by atoms with Gasteiger partial charge in [0, 0.05) is 12.1 Å². The zero-order chi connectivity index (χ0) is 14.1. The Hall–Kier alpha value is -0.710. The van der Waals surface area contributed by atoms with Crippen LogP contribution in [0.3, 0.4) is 0 Å². The fourth-order valence-electron chi connectivity index (χ4n) is 1.82. The minimum atomic E-state index is -4.76. The van der Waals surface area contributed by atoms with Crippen LogP contribution in [0.25, 0.3) is 0 Å². The highest BCUT2D eigenvalue weighted by Crippen LogP contribution is 2.55. The monoisotopic (exact) mass is 273 g/mol. The Morgan fingerprint density at radius 2 is 1.94 bits per heavy atom. The third-order valence-corrected chi connectivity index (χ3v) is 4.51. The summed E-state index contributed by atoms with van der Waals surface area (Å²) in [6.07, 6.45) is 0. The Morgan fingerprint density at radius 3 is 2.33 bits per heavy atom. The van der Waals surface area contributed by atoms with Gasteiger partial charge in [-0.3, -0.25) is 4.57 Å². The van der Waals surface area contributed by atoms with Crippen LogP contribution in [0.1, 0.15) is 36.5 Å². The van der Waals surface area contributed by atoms with Crippen molar-refractivity contribution in [2.75, 3.05) is 6.54 Å². The Morgan fingerprint density at radius 1 is 1.39 bits per heavy atom. The van der Waals surface area contributed by atoms with Crippen LogP contribution in [0.15, 0.2) is 18.2 Å². The van der Waals surface area contributed by atoms with E-state index in [1.807, 2.05) is 19.9 Å². The Balaban J connectivity index is 3.47. The highest BCUT2D eigenvalue weighted by molar-refractivity contribution is 7.52. The van der Waals surface area contributed by atoms with E-state index in [0.717, 1.165) is 5.56 Å². The Kier molecular flexibility index (Phi) is 4.36. The summed E-state index contributed by atoms with van der Waals surface area (Å²) in [5.41, 5.74) is 7.08. The molecule has 0 aromatic heterocycles. The molecular formula is C12H20NO4P. The Bertz CT molecular complexity index is 483. The molecule has 5 nitrogen and oxygen atoms in total. The van der Waals surface area contributed by atoms with Crippen LogP contribution in [0.2, 0.25) is 0 Å². The molecule has 0 radical (unpaired) electrons. The highest BCUT2D eigenvalue weighted by Gasteiger charge is 2.46. The maximum absolute atomic E-state index is 11.5. The summed E-state index contributed by atoms with van der Waals surface area (Å²) in [4.78, 5) is 18.7. The maximum atomic E-state index is 11.5. The predicted molar refractivity (Wildman–Crippen MR) is 70.3 cm³/mol. The van der Waals surface area contributed by atoms with E-state index in [4.69, 9.17) is 5.73 Å². The summed E-state index contributed by atoms with van der Waals surface area (Å²) in [5, 5.41) is 7.91. The Labute approximate surface area is 107 Å². The number of hydrogen-bond acceptors (Lipinski definition) is 3. The van der Waals surface area contributed by atoms with E-state index in [0.29, 0.717) is 5.56 Å². The number of aryl methyl sites for hydroxylation is 1. The van der Waals surface area contributed by atoms with Gasteiger partial charge in [0.1, 0.15) is 0 Å². The summed E-state index contributed by atoms with van der Waals surface area (Å²) < 4.78 is 11.5. The van der Waals surface area contributed by atoms with Crippen molar-refractivity contribution in [3.63, 3.8) is 0 Å². The zero-order valence-electron chi connectivity index (χ0n) is 10.8. The first kappa shape index (κ1) is 15.3. The first-order chi connectivity index (χ1) is 8.13. The van der Waals surface area contributed by atoms with Gasteiger partial charge in [0.2, 0.25) is 5.34 Å². The van der Waals surface area contributed by atoms with Gasteiger partial charge in [-0.05, 0) is 24.0 Å². The van der Waals surface area contributed by atoms with Crippen LogP contribution in [0, 0.1) is 6.92 Å². The standard InChI is InChI=1S/C12H20NO4P/c1-8(2)10-5-4-9(3)11(6-10)12(14,7-13)18(15,16)17/h4-6,8,14H,7,13H2,1-3H3,(H2,15,16,17). The van der Waals surface area contributed by atoms with Crippen molar-refractivity contribution in [1.82, 2.24) is 0 Å². The third-order valence-electron chi connectivity index (χ3n) is 3.13. The van der Waals surface area contributed by atoms with Crippen molar-refractivity contribution in [2.24, 2.45) is 5.73 Å². The highest BCUT2D eigenvalue weighted by atomic mass is 31.2. The molecule has 0 amide bonds. The van der Waals surface area contributed by atoms with E-state index in [9.17, 15) is 19.5 Å². The van der Waals surface area contributed by atoms with Crippen molar-refractivity contribution in [3.8, 4) is 0 Å². The smallest absolute Gasteiger partial charge is 0.362 e.